The third kappa shape index (κ3) is 2.31. The highest BCUT2D eigenvalue weighted by Crippen LogP contribution is 2.32. The van der Waals surface area contributed by atoms with Gasteiger partial charge in [-0.25, -0.2) is 4.79 Å². The van der Waals surface area contributed by atoms with E-state index in [0.29, 0.717) is 29.7 Å². The van der Waals surface area contributed by atoms with Crippen molar-refractivity contribution in [2.75, 3.05) is 0 Å². The molecule has 0 fully saturated rings. The molecule has 0 saturated heterocycles. The third-order valence-corrected chi connectivity index (χ3v) is 4.62. The molecule has 0 radical (unpaired) electrons. The van der Waals surface area contributed by atoms with Gasteiger partial charge in [-0.05, 0) is 43.4 Å². The van der Waals surface area contributed by atoms with Crippen LogP contribution < -0.4 is 16.2 Å². The monoisotopic (exact) mass is 323 g/mol. The van der Waals surface area contributed by atoms with Gasteiger partial charge in [-0.15, -0.1) is 0 Å². The van der Waals surface area contributed by atoms with E-state index in [1.54, 1.807) is 6.07 Å². The van der Waals surface area contributed by atoms with E-state index in [9.17, 15) is 14.4 Å². The Hall–Kier alpha value is -2.89. The van der Waals surface area contributed by atoms with E-state index in [2.05, 4.69) is 15.6 Å². The number of urea groups is 1. The number of carbonyl (C=O) groups is 2. The Kier molecular flexibility index (Phi) is 3.26. The highest BCUT2D eigenvalue weighted by Gasteiger charge is 2.35. The Labute approximate surface area is 138 Å². The average molecular weight is 323 g/mol. The second-order valence-electron chi connectivity index (χ2n) is 6.34. The number of aryl methyl sites for hydroxylation is 1. The predicted octanol–water partition coefficient (Wildman–Crippen LogP) is 2.20. The minimum absolute atomic E-state index is 0.0162. The van der Waals surface area contributed by atoms with Crippen molar-refractivity contribution in [3.8, 4) is 0 Å². The summed E-state index contributed by atoms with van der Waals surface area (Å²) in [6.45, 7) is 1.97. The summed E-state index contributed by atoms with van der Waals surface area (Å²) >= 11 is 0. The lowest BCUT2D eigenvalue weighted by atomic mass is 9.85. The van der Waals surface area contributed by atoms with Crippen LogP contribution >= 0.6 is 0 Å². The summed E-state index contributed by atoms with van der Waals surface area (Å²) < 4.78 is 0. The fourth-order valence-electron chi connectivity index (χ4n) is 3.50. The number of fused-ring (bicyclic) bond motifs is 1. The smallest absolute Gasteiger partial charge is 0.319 e. The molecule has 2 aliphatic rings. The Balaban J connectivity index is 1.92. The number of amides is 2. The largest absolute Gasteiger partial charge is 0.327 e. The second kappa shape index (κ2) is 5.33. The van der Waals surface area contributed by atoms with Gasteiger partial charge in [0.05, 0.1) is 6.04 Å². The number of hydrogen-bond donors (Lipinski definition) is 3. The van der Waals surface area contributed by atoms with Crippen LogP contribution in [0.2, 0.25) is 0 Å². The zero-order chi connectivity index (χ0) is 16.8. The quantitative estimate of drug-likeness (QED) is 0.751. The third-order valence-electron chi connectivity index (χ3n) is 4.62. The molecule has 6 nitrogen and oxygen atoms in total. The molecule has 2 amide bonds. The number of Topliss-reactive ketones (excluding diaryl/α,β-unsaturated/α-hetero) is 1. The summed E-state index contributed by atoms with van der Waals surface area (Å²) in [7, 11) is 0. The minimum atomic E-state index is -0.699. The standard InChI is InChI=1S/C18H17N3O3/c1-9-5-6-12-10(7-9)8-11(17(23)19-12)16-15-13(20-18(24)21-16)3-2-4-14(15)22/h5-8,16H,2-4H2,1H3,(H,19,23)(H2,20,21,24). The van der Waals surface area contributed by atoms with Crippen LogP contribution in [0.1, 0.15) is 36.4 Å². The van der Waals surface area contributed by atoms with Gasteiger partial charge >= 0.3 is 6.03 Å². The zero-order valence-corrected chi connectivity index (χ0v) is 13.2. The Morgan fingerprint density at radius 3 is 2.75 bits per heavy atom. The number of pyridine rings is 1. The molecule has 1 aromatic heterocycles. The van der Waals surface area contributed by atoms with Crippen LogP contribution in [0.3, 0.4) is 0 Å². The van der Waals surface area contributed by atoms with Crippen LogP contribution in [0.25, 0.3) is 10.9 Å². The molecule has 0 bridgehead atoms. The van der Waals surface area contributed by atoms with Gasteiger partial charge in [-0.1, -0.05) is 11.6 Å². The summed E-state index contributed by atoms with van der Waals surface area (Å²) in [5.74, 6) is -0.0162. The number of ketones is 1. The molecular formula is C18H17N3O3. The van der Waals surface area contributed by atoms with Crippen LogP contribution in [0.15, 0.2) is 40.3 Å². The van der Waals surface area contributed by atoms with Crippen LogP contribution in [0.4, 0.5) is 4.79 Å². The zero-order valence-electron chi connectivity index (χ0n) is 13.2. The summed E-state index contributed by atoms with van der Waals surface area (Å²) in [5, 5.41) is 6.32. The number of allylic oxidation sites excluding steroid dienone is 1. The molecule has 6 heteroatoms. The predicted molar refractivity (Wildman–Crippen MR) is 89.6 cm³/mol. The van der Waals surface area contributed by atoms with Gasteiger partial charge in [0.2, 0.25) is 0 Å². The van der Waals surface area contributed by atoms with E-state index >= 15 is 0 Å². The topological polar surface area (TPSA) is 91.1 Å². The van der Waals surface area contributed by atoms with Crippen LogP contribution in [0.5, 0.6) is 0 Å². The number of aromatic amines is 1. The van der Waals surface area contributed by atoms with Crippen molar-refractivity contribution >= 4 is 22.7 Å². The van der Waals surface area contributed by atoms with E-state index in [0.717, 1.165) is 22.9 Å². The van der Waals surface area contributed by atoms with Crippen molar-refractivity contribution in [1.82, 2.24) is 15.6 Å². The van der Waals surface area contributed by atoms with Gasteiger partial charge < -0.3 is 15.6 Å². The molecule has 1 unspecified atom stereocenters. The van der Waals surface area contributed by atoms with E-state index in [1.165, 1.54) is 0 Å². The molecule has 3 N–H and O–H groups in total. The van der Waals surface area contributed by atoms with E-state index in [-0.39, 0.29) is 17.4 Å². The molecule has 1 atom stereocenters. The fraction of sp³-hybridized carbons (Fsp3) is 0.278. The SMILES string of the molecule is Cc1ccc2[nH]c(=O)c(C3NC(=O)NC4=C3C(=O)CCC4)cc2c1. The van der Waals surface area contributed by atoms with Gasteiger partial charge in [-0.2, -0.15) is 0 Å². The van der Waals surface area contributed by atoms with Crippen molar-refractivity contribution < 1.29 is 9.59 Å². The molecule has 4 rings (SSSR count). The van der Waals surface area contributed by atoms with Gasteiger partial charge in [0.1, 0.15) is 0 Å². The van der Waals surface area contributed by atoms with Gasteiger partial charge in [0.15, 0.2) is 5.78 Å². The molecule has 24 heavy (non-hydrogen) atoms. The maximum absolute atomic E-state index is 12.5. The molecule has 122 valence electrons. The summed E-state index contributed by atoms with van der Waals surface area (Å²) in [4.78, 5) is 39.7. The Morgan fingerprint density at radius 1 is 1.08 bits per heavy atom. The first-order valence-corrected chi connectivity index (χ1v) is 8.00. The normalized spacial score (nSPS) is 20.6. The van der Waals surface area contributed by atoms with Crippen LogP contribution in [-0.2, 0) is 4.79 Å². The molecule has 2 aromatic rings. The molecule has 2 heterocycles. The van der Waals surface area contributed by atoms with Crippen molar-refractivity contribution in [2.24, 2.45) is 0 Å². The number of carbonyl (C=O) groups excluding carboxylic acids is 2. The first-order valence-electron chi connectivity index (χ1n) is 8.00. The van der Waals surface area contributed by atoms with Crippen molar-refractivity contribution in [1.29, 1.82) is 0 Å². The number of aromatic nitrogens is 1. The van der Waals surface area contributed by atoms with Crippen molar-refractivity contribution in [3.63, 3.8) is 0 Å². The second-order valence-corrected chi connectivity index (χ2v) is 6.34. The minimum Gasteiger partial charge on any atom is -0.327 e. The lowest BCUT2D eigenvalue weighted by Gasteiger charge is -2.31. The van der Waals surface area contributed by atoms with Crippen LogP contribution in [0, 0.1) is 6.92 Å². The van der Waals surface area contributed by atoms with Gasteiger partial charge in [0.25, 0.3) is 5.56 Å². The molecule has 1 aliphatic carbocycles. The number of rotatable bonds is 1. The Morgan fingerprint density at radius 2 is 1.92 bits per heavy atom. The number of nitrogens with one attached hydrogen (secondary N) is 3. The summed E-state index contributed by atoms with van der Waals surface area (Å²) in [6, 6.07) is 6.44. The molecule has 0 saturated carbocycles. The first kappa shape index (κ1) is 14.7. The highest BCUT2D eigenvalue weighted by molar-refractivity contribution is 6.01. The summed E-state index contributed by atoms with van der Waals surface area (Å²) in [5.41, 5.74) is 3.07. The lowest BCUT2D eigenvalue weighted by Crippen LogP contribution is -2.47. The molecular weight excluding hydrogens is 306 g/mol. The molecule has 1 aromatic carbocycles. The van der Waals surface area contributed by atoms with Crippen molar-refractivity contribution in [2.45, 2.75) is 32.2 Å². The molecule has 0 spiro atoms. The fourth-order valence-corrected chi connectivity index (χ4v) is 3.50. The van der Waals surface area contributed by atoms with Gasteiger partial charge in [-0.3, -0.25) is 9.59 Å². The summed E-state index contributed by atoms with van der Waals surface area (Å²) in [6.07, 6.45) is 1.81. The van der Waals surface area contributed by atoms with Crippen molar-refractivity contribution in [3.05, 3.63) is 57.0 Å². The highest BCUT2D eigenvalue weighted by atomic mass is 16.2. The average Bonchev–Trinajstić information content (AvgIpc) is 2.54. The van der Waals surface area contributed by atoms with E-state index in [1.807, 2.05) is 25.1 Å². The van der Waals surface area contributed by atoms with E-state index < -0.39 is 6.04 Å². The number of H-pyrrole nitrogens is 1. The maximum Gasteiger partial charge on any atom is 0.319 e. The maximum atomic E-state index is 12.5. The van der Waals surface area contributed by atoms with E-state index in [4.69, 9.17) is 0 Å². The van der Waals surface area contributed by atoms with Gasteiger partial charge in [0, 0.05) is 28.8 Å². The molecule has 1 aliphatic heterocycles. The van der Waals surface area contributed by atoms with Crippen LogP contribution in [-0.4, -0.2) is 16.8 Å². The Bertz CT molecular complexity index is 971. The number of hydrogen-bond acceptors (Lipinski definition) is 3. The first-order chi connectivity index (χ1) is 11.5. The number of benzene rings is 1. The lowest BCUT2D eigenvalue weighted by molar-refractivity contribution is -0.116.